The summed E-state index contributed by atoms with van der Waals surface area (Å²) in [5, 5.41) is 13.3. The van der Waals surface area contributed by atoms with Gasteiger partial charge in [-0.15, -0.1) is 11.3 Å². The molecule has 1 amide bonds. The number of aromatic nitrogens is 1. The minimum atomic E-state index is -0.771. The number of aliphatic hydroxyl groups excluding tert-OH is 1. The van der Waals surface area contributed by atoms with Gasteiger partial charge in [0.1, 0.15) is 11.5 Å². The second-order valence-corrected chi connectivity index (χ2v) is 7.91. The summed E-state index contributed by atoms with van der Waals surface area (Å²) in [6.07, 6.45) is 2.46. The molecule has 3 aromatic rings. The highest BCUT2D eigenvalue weighted by Gasteiger charge is 2.47. The van der Waals surface area contributed by atoms with E-state index in [4.69, 9.17) is 4.74 Å². The van der Waals surface area contributed by atoms with Crippen LogP contribution >= 0.6 is 11.3 Å². The summed E-state index contributed by atoms with van der Waals surface area (Å²) in [5.74, 6) is -1.10. The summed E-state index contributed by atoms with van der Waals surface area (Å²) in [4.78, 5) is 31.7. The van der Waals surface area contributed by atoms with Crippen molar-refractivity contribution in [1.82, 2.24) is 4.98 Å². The number of nitrogens with zero attached hydrogens (tertiary/aromatic N) is 2. The van der Waals surface area contributed by atoms with Crippen LogP contribution in [-0.4, -0.2) is 28.4 Å². The van der Waals surface area contributed by atoms with Crippen molar-refractivity contribution in [1.29, 1.82) is 0 Å². The zero-order valence-corrected chi connectivity index (χ0v) is 18.1. The highest BCUT2D eigenvalue weighted by atomic mass is 32.1. The molecule has 0 spiro atoms. The second kappa shape index (κ2) is 8.73. The molecule has 0 aliphatic carbocycles. The molecule has 1 fully saturated rings. The number of carbonyl (C=O) groups is 2. The van der Waals surface area contributed by atoms with Crippen LogP contribution < -0.4 is 9.64 Å². The van der Waals surface area contributed by atoms with E-state index in [1.807, 2.05) is 31.2 Å². The molecule has 0 saturated carbocycles. The Labute approximate surface area is 184 Å². The van der Waals surface area contributed by atoms with Gasteiger partial charge in [-0.25, -0.2) is 4.98 Å². The molecule has 1 unspecified atom stereocenters. The Bertz CT molecular complexity index is 1140. The normalized spacial score (nSPS) is 17.9. The number of hydrogen-bond acceptors (Lipinski definition) is 6. The van der Waals surface area contributed by atoms with E-state index in [0.717, 1.165) is 17.5 Å². The third-order valence-corrected chi connectivity index (χ3v) is 5.96. The third kappa shape index (κ3) is 3.84. The van der Waals surface area contributed by atoms with Crippen molar-refractivity contribution in [3.8, 4) is 5.75 Å². The first-order chi connectivity index (χ1) is 15.0. The molecule has 31 heavy (non-hydrogen) atoms. The maximum absolute atomic E-state index is 13.1. The van der Waals surface area contributed by atoms with Crippen LogP contribution in [0.5, 0.6) is 5.75 Å². The van der Waals surface area contributed by atoms with Gasteiger partial charge in [0.25, 0.3) is 5.78 Å². The first-order valence-corrected chi connectivity index (χ1v) is 11.0. The highest BCUT2D eigenvalue weighted by Crippen LogP contribution is 2.42. The molecule has 2 heterocycles. The number of rotatable bonds is 6. The number of carbonyl (C=O) groups excluding carboxylic acids is 2. The molecule has 2 aromatic carbocycles. The zero-order valence-electron chi connectivity index (χ0n) is 17.2. The minimum Gasteiger partial charge on any atom is -0.507 e. The third-order valence-electron chi connectivity index (χ3n) is 5.19. The van der Waals surface area contributed by atoms with Gasteiger partial charge in [-0.3, -0.25) is 14.5 Å². The van der Waals surface area contributed by atoms with Gasteiger partial charge in [0.2, 0.25) is 0 Å². The molecule has 158 valence electrons. The summed E-state index contributed by atoms with van der Waals surface area (Å²) in [6.45, 7) is 4.40. The van der Waals surface area contributed by atoms with Crippen LogP contribution in [-0.2, 0) is 16.0 Å². The summed E-state index contributed by atoms with van der Waals surface area (Å²) in [5.41, 5.74) is 2.32. The van der Waals surface area contributed by atoms with Crippen molar-refractivity contribution in [3.63, 3.8) is 0 Å². The van der Waals surface area contributed by atoms with E-state index in [2.05, 4.69) is 11.9 Å². The van der Waals surface area contributed by atoms with E-state index in [1.54, 1.807) is 35.8 Å². The molecule has 0 bridgehead atoms. The summed E-state index contributed by atoms with van der Waals surface area (Å²) >= 11 is 1.27. The topological polar surface area (TPSA) is 79.7 Å². The predicted molar refractivity (Wildman–Crippen MR) is 120 cm³/mol. The van der Waals surface area contributed by atoms with Crippen LogP contribution in [0.1, 0.15) is 36.6 Å². The lowest BCUT2D eigenvalue weighted by Gasteiger charge is -2.23. The second-order valence-electron chi connectivity index (χ2n) is 7.04. The van der Waals surface area contributed by atoms with Gasteiger partial charge < -0.3 is 9.84 Å². The fourth-order valence-electron chi connectivity index (χ4n) is 3.67. The van der Waals surface area contributed by atoms with Gasteiger partial charge in [0, 0.05) is 17.1 Å². The van der Waals surface area contributed by atoms with Gasteiger partial charge in [-0.1, -0.05) is 43.3 Å². The Balaban J connectivity index is 1.89. The van der Waals surface area contributed by atoms with E-state index < -0.39 is 17.7 Å². The van der Waals surface area contributed by atoms with Crippen LogP contribution in [0.3, 0.4) is 0 Å². The summed E-state index contributed by atoms with van der Waals surface area (Å²) < 4.78 is 5.52. The average molecular weight is 435 g/mol. The highest BCUT2D eigenvalue weighted by molar-refractivity contribution is 7.14. The standard InChI is InChI=1S/C24H22N2O4S/c1-3-15-8-10-16(11-9-15)20-19(21(27)17-6-5-7-18(14-17)30-4-2)22(28)23(29)26(20)24-25-12-13-31-24/h5-14,20,27H,3-4H2,1-2H3/b21-19+. The van der Waals surface area contributed by atoms with Crippen LogP contribution in [0, 0.1) is 0 Å². The molecular weight excluding hydrogens is 412 g/mol. The van der Waals surface area contributed by atoms with Crippen molar-refractivity contribution >= 4 is 33.9 Å². The molecule has 1 aliphatic heterocycles. The Morgan fingerprint density at radius 2 is 1.94 bits per heavy atom. The number of hydrogen-bond donors (Lipinski definition) is 1. The number of thiazole rings is 1. The van der Waals surface area contributed by atoms with E-state index in [9.17, 15) is 14.7 Å². The number of anilines is 1. The molecule has 1 aliphatic rings. The zero-order chi connectivity index (χ0) is 22.0. The first-order valence-electron chi connectivity index (χ1n) is 10.1. The fourth-order valence-corrected chi connectivity index (χ4v) is 4.34. The minimum absolute atomic E-state index is 0.0399. The number of amides is 1. The van der Waals surface area contributed by atoms with Crippen LogP contribution in [0.25, 0.3) is 5.76 Å². The molecule has 1 aromatic heterocycles. The molecule has 4 rings (SSSR count). The first kappa shape index (κ1) is 20.8. The van der Waals surface area contributed by atoms with E-state index >= 15 is 0 Å². The SMILES string of the molecule is CCOc1cccc(/C(O)=C2\C(=O)C(=O)N(c3nccs3)C2c2ccc(CC)cc2)c1. The van der Waals surface area contributed by atoms with Crippen molar-refractivity contribution in [2.24, 2.45) is 0 Å². The Kier molecular flexibility index (Phi) is 5.86. The lowest BCUT2D eigenvalue weighted by Crippen LogP contribution is -2.29. The number of ketones is 1. The largest absolute Gasteiger partial charge is 0.507 e. The molecule has 7 heteroatoms. The maximum atomic E-state index is 13.1. The van der Waals surface area contributed by atoms with Gasteiger partial charge in [-0.05, 0) is 36.6 Å². The maximum Gasteiger partial charge on any atom is 0.301 e. The van der Waals surface area contributed by atoms with Crippen LogP contribution in [0.15, 0.2) is 65.7 Å². The number of benzene rings is 2. The lowest BCUT2D eigenvalue weighted by atomic mass is 9.94. The Morgan fingerprint density at radius 1 is 1.16 bits per heavy atom. The molecule has 1 N–H and O–H groups in total. The van der Waals surface area contributed by atoms with E-state index in [0.29, 0.717) is 23.1 Å². The molecular formula is C24H22N2O4S. The van der Waals surface area contributed by atoms with Gasteiger partial charge in [0.15, 0.2) is 5.13 Å². The van der Waals surface area contributed by atoms with Gasteiger partial charge in [-0.2, -0.15) is 0 Å². The Hall–Kier alpha value is -3.45. The van der Waals surface area contributed by atoms with Gasteiger partial charge in [0.05, 0.1) is 18.2 Å². The number of Topliss-reactive ketones (excluding diaryl/α,β-unsaturated/α-hetero) is 1. The summed E-state index contributed by atoms with van der Waals surface area (Å²) in [6, 6.07) is 13.8. The molecule has 6 nitrogen and oxygen atoms in total. The van der Waals surface area contributed by atoms with E-state index in [1.165, 1.54) is 16.2 Å². The number of aryl methyl sites for hydroxylation is 1. The van der Waals surface area contributed by atoms with Crippen LogP contribution in [0.4, 0.5) is 5.13 Å². The predicted octanol–water partition coefficient (Wildman–Crippen LogP) is 4.73. The quantitative estimate of drug-likeness (QED) is 0.345. The molecule has 0 radical (unpaired) electrons. The molecule has 1 saturated heterocycles. The van der Waals surface area contributed by atoms with Crippen molar-refractivity contribution in [2.75, 3.05) is 11.5 Å². The number of aliphatic hydroxyl groups is 1. The molecule has 1 atom stereocenters. The fraction of sp³-hybridized carbons (Fsp3) is 0.208. The lowest BCUT2D eigenvalue weighted by molar-refractivity contribution is -0.132. The summed E-state index contributed by atoms with van der Waals surface area (Å²) in [7, 11) is 0. The average Bonchev–Trinajstić information content (AvgIpc) is 3.41. The van der Waals surface area contributed by atoms with Crippen molar-refractivity contribution < 1.29 is 19.4 Å². The number of ether oxygens (including phenoxy) is 1. The van der Waals surface area contributed by atoms with Crippen LogP contribution in [0.2, 0.25) is 0 Å². The van der Waals surface area contributed by atoms with Crippen molar-refractivity contribution in [2.45, 2.75) is 26.3 Å². The van der Waals surface area contributed by atoms with E-state index in [-0.39, 0.29) is 11.3 Å². The smallest absolute Gasteiger partial charge is 0.301 e. The Morgan fingerprint density at radius 3 is 2.58 bits per heavy atom. The van der Waals surface area contributed by atoms with Gasteiger partial charge >= 0.3 is 5.91 Å². The van der Waals surface area contributed by atoms with Crippen molar-refractivity contribution in [3.05, 3.63) is 82.4 Å². The monoisotopic (exact) mass is 434 g/mol.